The van der Waals surface area contributed by atoms with Crippen LogP contribution in [0.2, 0.25) is 0 Å². The van der Waals surface area contributed by atoms with Crippen LogP contribution < -0.4 is 5.32 Å². The van der Waals surface area contributed by atoms with E-state index in [-0.39, 0.29) is 17.9 Å². The first-order chi connectivity index (χ1) is 13.6. The zero-order valence-electron chi connectivity index (χ0n) is 15.9. The molecule has 2 heterocycles. The lowest BCUT2D eigenvalue weighted by Gasteiger charge is -2.25. The fourth-order valence-electron chi connectivity index (χ4n) is 3.99. The van der Waals surface area contributed by atoms with Crippen LogP contribution in [0.5, 0.6) is 0 Å². The molecule has 4 rings (SSSR count). The van der Waals surface area contributed by atoms with Gasteiger partial charge in [0.1, 0.15) is 11.9 Å². The summed E-state index contributed by atoms with van der Waals surface area (Å²) in [6, 6.07) is 6.62. The predicted octanol–water partition coefficient (Wildman–Crippen LogP) is 3.71. The second-order valence-corrected chi connectivity index (χ2v) is 8.43. The van der Waals surface area contributed by atoms with E-state index in [0.29, 0.717) is 11.6 Å². The summed E-state index contributed by atoms with van der Waals surface area (Å²) < 4.78 is 19.1. The second kappa shape index (κ2) is 8.24. The molecule has 2 unspecified atom stereocenters. The van der Waals surface area contributed by atoms with E-state index in [1.165, 1.54) is 18.9 Å². The summed E-state index contributed by atoms with van der Waals surface area (Å²) in [5.41, 5.74) is 1.59. The molecule has 3 aromatic rings. The van der Waals surface area contributed by atoms with Crippen molar-refractivity contribution in [3.63, 3.8) is 0 Å². The van der Waals surface area contributed by atoms with E-state index in [2.05, 4.69) is 48.5 Å². The second-order valence-electron chi connectivity index (χ2n) is 7.26. The van der Waals surface area contributed by atoms with Crippen molar-refractivity contribution in [3.05, 3.63) is 56.9 Å². The van der Waals surface area contributed by atoms with Crippen LogP contribution in [0.1, 0.15) is 67.8 Å². The maximum Gasteiger partial charge on any atom is 0.174 e. The fraction of sp³-hybridized carbons (Fsp3) is 0.474. The van der Waals surface area contributed by atoms with Gasteiger partial charge in [0.2, 0.25) is 0 Å². The van der Waals surface area contributed by atoms with Gasteiger partial charge in [0.05, 0.1) is 21.5 Å². The fourth-order valence-corrected chi connectivity index (χ4v) is 4.77. The van der Waals surface area contributed by atoms with Crippen LogP contribution in [-0.2, 0) is 7.05 Å². The maximum atomic E-state index is 14.4. The van der Waals surface area contributed by atoms with E-state index in [1.807, 2.05) is 35.6 Å². The Hall–Kier alpha value is -1.88. The first-order valence-electron chi connectivity index (χ1n) is 9.52. The molecule has 1 aromatic carbocycles. The smallest absolute Gasteiger partial charge is 0.174 e. The molecule has 2 aromatic heterocycles. The van der Waals surface area contributed by atoms with E-state index < -0.39 is 0 Å². The van der Waals surface area contributed by atoms with Crippen molar-refractivity contribution in [2.24, 2.45) is 7.05 Å². The van der Waals surface area contributed by atoms with Gasteiger partial charge in [-0.3, -0.25) is 10.00 Å². The number of nitrogens with zero attached hydrogens (tertiary/aromatic N) is 6. The average molecular weight is 495 g/mol. The van der Waals surface area contributed by atoms with Crippen molar-refractivity contribution in [3.8, 4) is 0 Å². The summed E-state index contributed by atoms with van der Waals surface area (Å²) in [5, 5.41) is 20.6. The quantitative estimate of drug-likeness (QED) is 0.528. The third-order valence-electron chi connectivity index (χ3n) is 5.45. The molecule has 0 bridgehead atoms. The van der Waals surface area contributed by atoms with Gasteiger partial charge < -0.3 is 0 Å². The molecule has 2 atom stereocenters. The van der Waals surface area contributed by atoms with Gasteiger partial charge in [0.25, 0.3) is 0 Å². The standard InChI is InChI=1S/C19H23FIN7/c1-12(14-9-5-6-10-15(14)20)23-17(18-16(21)11-22-27(18)2)19-24-25-26-28(19)13-7-3-4-8-13/h5-6,9-13,17,23H,3-4,7-8H2,1-2H3. The minimum atomic E-state index is -0.301. The summed E-state index contributed by atoms with van der Waals surface area (Å²) >= 11 is 2.27. The van der Waals surface area contributed by atoms with E-state index in [1.54, 1.807) is 12.1 Å². The van der Waals surface area contributed by atoms with Crippen LogP contribution in [0.4, 0.5) is 4.39 Å². The van der Waals surface area contributed by atoms with E-state index >= 15 is 0 Å². The lowest BCUT2D eigenvalue weighted by molar-refractivity contribution is 0.394. The molecule has 28 heavy (non-hydrogen) atoms. The maximum absolute atomic E-state index is 14.4. The van der Waals surface area contributed by atoms with Crippen molar-refractivity contribution in [1.82, 2.24) is 35.3 Å². The van der Waals surface area contributed by atoms with Gasteiger partial charge in [-0.05, 0) is 58.8 Å². The number of hydrogen-bond donors (Lipinski definition) is 1. The average Bonchev–Trinajstić information content (AvgIpc) is 3.42. The third-order valence-corrected chi connectivity index (χ3v) is 6.28. The predicted molar refractivity (Wildman–Crippen MR) is 111 cm³/mol. The molecular formula is C19H23FIN7. The first-order valence-corrected chi connectivity index (χ1v) is 10.6. The lowest BCUT2D eigenvalue weighted by atomic mass is 10.0. The number of hydrogen-bond acceptors (Lipinski definition) is 5. The van der Waals surface area contributed by atoms with Crippen molar-refractivity contribution in [2.75, 3.05) is 0 Å². The molecule has 148 valence electrons. The Kier molecular flexibility index (Phi) is 5.72. The normalized spacial score (nSPS) is 17.1. The molecule has 0 spiro atoms. The summed E-state index contributed by atoms with van der Waals surface area (Å²) in [6.07, 6.45) is 6.36. The van der Waals surface area contributed by atoms with Crippen molar-refractivity contribution in [2.45, 2.75) is 50.7 Å². The topological polar surface area (TPSA) is 73.5 Å². The van der Waals surface area contributed by atoms with Gasteiger partial charge in [0, 0.05) is 18.7 Å². The molecule has 0 saturated heterocycles. The number of benzene rings is 1. The Bertz CT molecular complexity index is 928. The van der Waals surface area contributed by atoms with Gasteiger partial charge in [0.15, 0.2) is 5.82 Å². The number of tetrazole rings is 1. The Morgan fingerprint density at radius 3 is 2.68 bits per heavy atom. The highest BCUT2D eigenvalue weighted by Gasteiger charge is 2.31. The molecular weight excluding hydrogens is 472 g/mol. The number of rotatable bonds is 6. The first kappa shape index (κ1) is 19.4. The molecule has 9 heteroatoms. The highest BCUT2D eigenvalue weighted by molar-refractivity contribution is 14.1. The Morgan fingerprint density at radius 2 is 2.00 bits per heavy atom. The molecule has 1 saturated carbocycles. The van der Waals surface area contributed by atoms with E-state index in [0.717, 1.165) is 27.9 Å². The van der Waals surface area contributed by atoms with Gasteiger partial charge >= 0.3 is 0 Å². The van der Waals surface area contributed by atoms with Gasteiger partial charge in [-0.2, -0.15) is 5.10 Å². The zero-order chi connectivity index (χ0) is 19.7. The largest absolute Gasteiger partial charge is 0.295 e. The zero-order valence-corrected chi connectivity index (χ0v) is 18.0. The minimum absolute atomic E-state index is 0.226. The van der Waals surface area contributed by atoms with Gasteiger partial charge in [-0.25, -0.2) is 9.07 Å². The highest BCUT2D eigenvalue weighted by Crippen LogP contribution is 2.33. The SMILES string of the molecule is CC(NC(c1c(I)cnn1C)c1nnnn1C1CCCC1)c1ccccc1F. The van der Waals surface area contributed by atoms with Crippen molar-refractivity contribution >= 4 is 22.6 Å². The number of aromatic nitrogens is 6. The summed E-state index contributed by atoms with van der Waals surface area (Å²) in [6.45, 7) is 1.96. The van der Waals surface area contributed by atoms with Crippen LogP contribution in [0.25, 0.3) is 0 Å². The van der Waals surface area contributed by atoms with Crippen molar-refractivity contribution in [1.29, 1.82) is 0 Å². The van der Waals surface area contributed by atoms with E-state index in [9.17, 15) is 4.39 Å². The summed E-state index contributed by atoms with van der Waals surface area (Å²) in [5.74, 6) is 0.521. The van der Waals surface area contributed by atoms with Gasteiger partial charge in [-0.1, -0.05) is 31.0 Å². The number of aryl methyl sites for hydroxylation is 1. The van der Waals surface area contributed by atoms with E-state index in [4.69, 9.17) is 0 Å². The molecule has 7 nitrogen and oxygen atoms in total. The minimum Gasteiger partial charge on any atom is -0.295 e. The number of nitrogens with one attached hydrogen (secondary N) is 1. The molecule has 1 fully saturated rings. The Balaban J connectivity index is 1.74. The van der Waals surface area contributed by atoms with Crippen LogP contribution >= 0.6 is 22.6 Å². The molecule has 0 radical (unpaired) electrons. The Labute approximate surface area is 176 Å². The van der Waals surface area contributed by atoms with Crippen LogP contribution in [-0.4, -0.2) is 30.0 Å². The van der Waals surface area contributed by atoms with Crippen molar-refractivity contribution < 1.29 is 4.39 Å². The molecule has 1 aliphatic carbocycles. The summed E-state index contributed by atoms with van der Waals surface area (Å²) in [4.78, 5) is 0. The molecule has 1 aliphatic rings. The van der Waals surface area contributed by atoms with Gasteiger partial charge in [-0.15, -0.1) is 5.10 Å². The highest BCUT2D eigenvalue weighted by atomic mass is 127. The van der Waals surface area contributed by atoms with Crippen LogP contribution in [0, 0.1) is 9.39 Å². The Morgan fingerprint density at radius 1 is 1.25 bits per heavy atom. The third kappa shape index (κ3) is 3.69. The molecule has 0 aliphatic heterocycles. The van der Waals surface area contributed by atoms with Crippen LogP contribution in [0.15, 0.2) is 30.5 Å². The molecule has 0 amide bonds. The molecule has 1 N–H and O–H groups in total. The monoisotopic (exact) mass is 495 g/mol. The van der Waals surface area contributed by atoms with Crippen LogP contribution in [0.3, 0.4) is 0 Å². The number of halogens is 2. The summed E-state index contributed by atoms with van der Waals surface area (Å²) in [7, 11) is 1.91. The lowest BCUT2D eigenvalue weighted by Crippen LogP contribution is -2.31.